The molecule has 0 fully saturated rings. The van der Waals surface area contributed by atoms with Gasteiger partial charge in [-0.1, -0.05) is 46.9 Å². The van der Waals surface area contributed by atoms with Crippen LogP contribution < -0.4 is 29.6 Å². The van der Waals surface area contributed by atoms with Crippen molar-refractivity contribution >= 4 is 44.8 Å². The highest BCUT2D eigenvalue weighted by atomic mass is 32.1. The molecule has 2 aromatic carbocycles. The molecular formula is C28H32N6O6S2. The Morgan fingerprint density at radius 3 is 1.45 bits per heavy atom. The summed E-state index contributed by atoms with van der Waals surface area (Å²) in [6.45, 7) is 0. The summed E-state index contributed by atoms with van der Waals surface area (Å²) >= 11 is 2.70. The molecule has 2 heterocycles. The number of rotatable bonds is 15. The lowest BCUT2D eigenvalue weighted by Gasteiger charge is -2.11. The third-order valence-corrected chi connectivity index (χ3v) is 7.93. The number of carbonyl (C=O) groups is 2. The quantitative estimate of drug-likeness (QED) is 0.186. The number of nitrogens with zero attached hydrogens (tertiary/aromatic N) is 4. The molecule has 42 heavy (non-hydrogen) atoms. The van der Waals surface area contributed by atoms with Gasteiger partial charge in [0.05, 0.1) is 41.3 Å². The van der Waals surface area contributed by atoms with E-state index in [1.165, 1.54) is 22.7 Å². The van der Waals surface area contributed by atoms with E-state index in [4.69, 9.17) is 18.9 Å². The minimum Gasteiger partial charge on any atom is -0.493 e. The number of benzene rings is 2. The van der Waals surface area contributed by atoms with Gasteiger partial charge in [0.15, 0.2) is 23.0 Å². The van der Waals surface area contributed by atoms with Crippen molar-refractivity contribution < 1.29 is 28.5 Å². The van der Waals surface area contributed by atoms with Crippen molar-refractivity contribution in [2.24, 2.45) is 0 Å². The van der Waals surface area contributed by atoms with Crippen LogP contribution in [0.25, 0.3) is 0 Å². The van der Waals surface area contributed by atoms with Crippen LogP contribution in [-0.4, -0.2) is 60.6 Å². The molecule has 0 radical (unpaired) electrons. The molecule has 0 aliphatic rings. The van der Waals surface area contributed by atoms with Crippen molar-refractivity contribution in [3.05, 3.63) is 57.5 Å². The van der Waals surface area contributed by atoms with Gasteiger partial charge in [-0.25, -0.2) is 0 Å². The van der Waals surface area contributed by atoms with E-state index >= 15 is 0 Å². The van der Waals surface area contributed by atoms with Gasteiger partial charge in [0.25, 0.3) is 0 Å². The Labute approximate surface area is 251 Å². The van der Waals surface area contributed by atoms with E-state index in [1.54, 1.807) is 40.6 Å². The van der Waals surface area contributed by atoms with Crippen LogP contribution in [-0.2, 0) is 35.3 Å². The molecule has 0 bridgehead atoms. The number of aromatic nitrogens is 4. The van der Waals surface area contributed by atoms with Crippen molar-refractivity contribution in [2.75, 3.05) is 39.1 Å². The Kier molecular flexibility index (Phi) is 11.0. The number of amides is 2. The average Bonchev–Trinajstić information content (AvgIpc) is 3.63. The SMILES string of the molecule is COc1cccc(CC(=O)Nc2nnc(CCCCc3nnc(NC(=O)Cc4cccc(OC)c4OC)s3)s2)c1OC. The molecule has 0 aliphatic heterocycles. The second-order valence-corrected chi connectivity index (χ2v) is 11.1. The Morgan fingerprint density at radius 2 is 1.07 bits per heavy atom. The lowest BCUT2D eigenvalue weighted by Crippen LogP contribution is -2.15. The lowest BCUT2D eigenvalue weighted by atomic mass is 10.1. The van der Waals surface area contributed by atoms with Crippen LogP contribution in [0.5, 0.6) is 23.0 Å². The third-order valence-electron chi connectivity index (χ3n) is 6.13. The maximum absolute atomic E-state index is 12.6. The van der Waals surface area contributed by atoms with Crippen LogP contribution in [0.15, 0.2) is 36.4 Å². The number of methoxy groups -OCH3 is 4. The number of nitrogens with one attached hydrogen (secondary N) is 2. The van der Waals surface area contributed by atoms with Crippen LogP contribution in [0.1, 0.15) is 34.0 Å². The predicted molar refractivity (Wildman–Crippen MR) is 160 cm³/mol. The number of hydrogen-bond donors (Lipinski definition) is 2. The molecule has 2 amide bonds. The number of para-hydroxylation sites is 2. The van der Waals surface area contributed by atoms with E-state index < -0.39 is 0 Å². The van der Waals surface area contributed by atoms with E-state index in [9.17, 15) is 9.59 Å². The normalized spacial score (nSPS) is 10.7. The summed E-state index contributed by atoms with van der Waals surface area (Å²) in [5.41, 5.74) is 1.44. The van der Waals surface area contributed by atoms with Crippen molar-refractivity contribution in [1.29, 1.82) is 0 Å². The van der Waals surface area contributed by atoms with Gasteiger partial charge in [-0.05, 0) is 25.0 Å². The molecule has 0 unspecified atom stereocenters. The maximum atomic E-state index is 12.6. The van der Waals surface area contributed by atoms with Gasteiger partial charge < -0.3 is 29.6 Å². The summed E-state index contributed by atoms with van der Waals surface area (Å²) in [5, 5.41) is 24.8. The van der Waals surface area contributed by atoms with Gasteiger partial charge in [-0.3, -0.25) is 9.59 Å². The summed E-state index contributed by atoms with van der Waals surface area (Å²) in [6, 6.07) is 10.8. The second-order valence-electron chi connectivity index (χ2n) is 8.96. The molecular weight excluding hydrogens is 580 g/mol. The molecule has 0 atom stereocenters. The maximum Gasteiger partial charge on any atom is 0.230 e. The number of anilines is 2. The molecule has 12 nitrogen and oxygen atoms in total. The van der Waals surface area contributed by atoms with Gasteiger partial charge in [-0.2, -0.15) is 0 Å². The summed E-state index contributed by atoms with van der Waals surface area (Å²) in [7, 11) is 6.20. The number of hydrogen-bond acceptors (Lipinski definition) is 12. The minimum atomic E-state index is -0.217. The zero-order valence-electron chi connectivity index (χ0n) is 23.8. The molecule has 0 spiro atoms. The number of unbranched alkanes of at least 4 members (excludes halogenated alkanes) is 1. The predicted octanol–water partition coefficient (Wildman–Crippen LogP) is 4.35. The first-order valence-corrected chi connectivity index (χ1v) is 14.7. The average molecular weight is 613 g/mol. The molecule has 4 rings (SSSR count). The largest absolute Gasteiger partial charge is 0.493 e. The van der Waals surface area contributed by atoms with E-state index in [1.807, 2.05) is 24.3 Å². The highest BCUT2D eigenvalue weighted by molar-refractivity contribution is 7.15. The molecule has 0 saturated carbocycles. The smallest absolute Gasteiger partial charge is 0.230 e. The van der Waals surface area contributed by atoms with Gasteiger partial charge in [-0.15, -0.1) is 20.4 Å². The molecule has 222 valence electrons. The van der Waals surface area contributed by atoms with E-state index in [0.29, 0.717) is 33.3 Å². The summed E-state index contributed by atoms with van der Waals surface area (Å²) in [5.74, 6) is 1.78. The van der Waals surface area contributed by atoms with E-state index in [0.717, 1.165) is 46.8 Å². The fraction of sp³-hybridized carbons (Fsp3) is 0.357. The summed E-state index contributed by atoms with van der Waals surface area (Å²) < 4.78 is 21.4. The van der Waals surface area contributed by atoms with Gasteiger partial charge in [0.2, 0.25) is 22.1 Å². The zero-order chi connectivity index (χ0) is 29.9. The fourth-order valence-corrected chi connectivity index (χ4v) is 5.82. The van der Waals surface area contributed by atoms with Crippen molar-refractivity contribution in [2.45, 2.75) is 38.5 Å². The molecule has 2 N–H and O–H groups in total. The van der Waals surface area contributed by atoms with E-state index in [-0.39, 0.29) is 24.7 Å². The van der Waals surface area contributed by atoms with Gasteiger partial charge in [0, 0.05) is 24.0 Å². The van der Waals surface area contributed by atoms with Crippen LogP contribution in [0.2, 0.25) is 0 Å². The highest BCUT2D eigenvalue weighted by Crippen LogP contribution is 2.32. The Balaban J connectivity index is 1.19. The Morgan fingerprint density at radius 1 is 0.643 bits per heavy atom. The van der Waals surface area contributed by atoms with Gasteiger partial charge in [0.1, 0.15) is 10.0 Å². The first-order chi connectivity index (χ1) is 20.4. The first kappa shape index (κ1) is 30.7. The highest BCUT2D eigenvalue weighted by Gasteiger charge is 2.16. The molecule has 14 heteroatoms. The number of ether oxygens (including phenoxy) is 4. The third kappa shape index (κ3) is 8.13. The van der Waals surface area contributed by atoms with Crippen molar-refractivity contribution in [1.82, 2.24) is 20.4 Å². The molecule has 0 aliphatic carbocycles. The minimum absolute atomic E-state index is 0.120. The fourth-order valence-electron chi connectivity index (χ4n) is 4.22. The molecule has 0 saturated heterocycles. The van der Waals surface area contributed by atoms with Crippen LogP contribution in [0, 0.1) is 0 Å². The second kappa shape index (κ2) is 15.1. The lowest BCUT2D eigenvalue weighted by molar-refractivity contribution is -0.116. The standard InChI is InChI=1S/C28H32N6O6S2/c1-37-19-11-7-9-17(25(19)39-3)15-21(35)29-27-33-31-23(41-27)13-5-6-14-24-32-34-28(42-24)30-22(36)16-18-10-8-12-20(38-2)26(18)40-4/h7-12H,5-6,13-16H2,1-4H3,(H,29,33,35)(H,30,34,36). The number of carbonyl (C=O) groups excluding carboxylic acids is 2. The van der Waals surface area contributed by atoms with Crippen molar-refractivity contribution in [3.8, 4) is 23.0 Å². The topological polar surface area (TPSA) is 147 Å². The Hall–Kier alpha value is -4.30. The van der Waals surface area contributed by atoms with E-state index in [2.05, 4.69) is 31.0 Å². The number of aryl methyl sites for hydroxylation is 2. The molecule has 2 aromatic heterocycles. The van der Waals surface area contributed by atoms with Crippen LogP contribution in [0.4, 0.5) is 10.3 Å². The summed E-state index contributed by atoms with van der Waals surface area (Å²) in [4.78, 5) is 25.1. The van der Waals surface area contributed by atoms with Gasteiger partial charge >= 0.3 is 0 Å². The first-order valence-electron chi connectivity index (χ1n) is 13.1. The zero-order valence-corrected chi connectivity index (χ0v) is 25.4. The van der Waals surface area contributed by atoms with Crippen molar-refractivity contribution in [3.63, 3.8) is 0 Å². The molecule has 4 aromatic rings. The Bertz CT molecular complexity index is 1400. The van der Waals surface area contributed by atoms with Crippen LogP contribution in [0.3, 0.4) is 0 Å². The summed E-state index contributed by atoms with van der Waals surface area (Å²) in [6.07, 6.45) is 3.41. The monoisotopic (exact) mass is 612 g/mol. The van der Waals surface area contributed by atoms with Crippen LogP contribution >= 0.6 is 22.7 Å².